The molecule has 2 aromatic rings. The number of halogens is 1. The summed E-state index contributed by atoms with van der Waals surface area (Å²) in [6.07, 6.45) is 1.60. The Morgan fingerprint density at radius 1 is 1.35 bits per heavy atom. The number of hydrogen-bond acceptors (Lipinski definition) is 3. The van der Waals surface area contributed by atoms with Gasteiger partial charge in [-0.3, -0.25) is 4.79 Å². The number of hydrogen-bond donors (Lipinski definition) is 4. The van der Waals surface area contributed by atoms with Crippen LogP contribution in [0.5, 0.6) is 0 Å². The van der Waals surface area contributed by atoms with Gasteiger partial charge in [-0.1, -0.05) is 11.6 Å². The first-order valence-electron chi connectivity index (χ1n) is 7.18. The van der Waals surface area contributed by atoms with Crippen molar-refractivity contribution in [2.75, 3.05) is 11.9 Å². The third-order valence-corrected chi connectivity index (χ3v) is 3.40. The average molecular weight is 336 g/mol. The van der Waals surface area contributed by atoms with E-state index in [0.29, 0.717) is 34.9 Å². The second-order valence-electron chi connectivity index (χ2n) is 5.12. The molecule has 0 bridgehead atoms. The Balaban J connectivity index is 2.13. The van der Waals surface area contributed by atoms with Crippen LogP contribution in [0.1, 0.15) is 29.4 Å². The largest absolute Gasteiger partial charge is 0.393 e. The number of ketones is 1. The normalized spacial score (nSPS) is 11.8. The van der Waals surface area contributed by atoms with Crippen molar-refractivity contribution in [2.45, 2.75) is 19.4 Å². The molecule has 0 saturated heterocycles. The number of carbonyl (C=O) groups excluding carboxylic acids is 2. The molecule has 7 heteroatoms. The molecule has 6 nitrogen and oxygen atoms in total. The molecule has 0 aliphatic rings. The van der Waals surface area contributed by atoms with Gasteiger partial charge in [-0.15, -0.1) is 0 Å². The van der Waals surface area contributed by atoms with Gasteiger partial charge in [-0.05, 0) is 43.7 Å². The van der Waals surface area contributed by atoms with Crippen molar-refractivity contribution in [3.8, 4) is 0 Å². The molecule has 4 N–H and O–H groups in total. The highest BCUT2D eigenvalue weighted by molar-refractivity contribution is 6.31. The van der Waals surface area contributed by atoms with Crippen molar-refractivity contribution in [3.05, 3.63) is 52.8 Å². The highest BCUT2D eigenvalue weighted by atomic mass is 35.5. The van der Waals surface area contributed by atoms with Gasteiger partial charge < -0.3 is 20.7 Å². The molecule has 0 aliphatic heterocycles. The lowest BCUT2D eigenvalue weighted by Gasteiger charge is -2.12. The van der Waals surface area contributed by atoms with Crippen LogP contribution in [0.25, 0.3) is 0 Å². The molecule has 1 aromatic carbocycles. The van der Waals surface area contributed by atoms with Crippen LogP contribution in [0.3, 0.4) is 0 Å². The molecule has 1 atom stereocenters. The predicted octanol–water partition coefficient (Wildman–Crippen LogP) is 2.79. The first kappa shape index (κ1) is 17.1. The molecule has 0 aliphatic carbocycles. The van der Waals surface area contributed by atoms with Gasteiger partial charge in [0.2, 0.25) is 5.78 Å². The fourth-order valence-corrected chi connectivity index (χ4v) is 2.16. The molecule has 1 heterocycles. The van der Waals surface area contributed by atoms with Crippen molar-refractivity contribution in [3.63, 3.8) is 0 Å². The molecule has 2 amide bonds. The third-order valence-electron chi connectivity index (χ3n) is 3.16. The highest BCUT2D eigenvalue weighted by Gasteiger charge is 2.16. The summed E-state index contributed by atoms with van der Waals surface area (Å²) in [6.45, 7) is 1.98. The van der Waals surface area contributed by atoms with Crippen molar-refractivity contribution in [2.24, 2.45) is 0 Å². The Morgan fingerprint density at radius 2 is 2.13 bits per heavy atom. The quantitative estimate of drug-likeness (QED) is 0.611. The minimum absolute atomic E-state index is 0.267. The van der Waals surface area contributed by atoms with Gasteiger partial charge >= 0.3 is 6.03 Å². The van der Waals surface area contributed by atoms with E-state index < -0.39 is 12.1 Å². The number of carbonyl (C=O) groups is 2. The zero-order valence-electron chi connectivity index (χ0n) is 12.6. The molecular weight excluding hydrogens is 318 g/mol. The number of nitrogens with one attached hydrogen (secondary N) is 3. The summed E-state index contributed by atoms with van der Waals surface area (Å²) in [5.74, 6) is -0.267. The summed E-state index contributed by atoms with van der Waals surface area (Å²) in [5, 5.41) is 14.8. The Morgan fingerprint density at radius 3 is 2.78 bits per heavy atom. The monoisotopic (exact) mass is 335 g/mol. The minimum atomic E-state index is -0.490. The molecule has 23 heavy (non-hydrogen) atoms. The zero-order chi connectivity index (χ0) is 16.8. The summed E-state index contributed by atoms with van der Waals surface area (Å²) < 4.78 is 0. The zero-order valence-corrected chi connectivity index (χ0v) is 13.4. The summed E-state index contributed by atoms with van der Waals surface area (Å²) in [5.41, 5.74) is 1.07. The molecule has 0 radical (unpaired) electrons. The van der Waals surface area contributed by atoms with Gasteiger partial charge in [0.05, 0.1) is 17.5 Å². The Hall–Kier alpha value is -2.31. The van der Waals surface area contributed by atoms with Crippen LogP contribution in [-0.2, 0) is 0 Å². The average Bonchev–Trinajstić information content (AvgIpc) is 3.02. The number of rotatable bonds is 6. The van der Waals surface area contributed by atoms with Crippen molar-refractivity contribution < 1.29 is 14.7 Å². The first-order chi connectivity index (χ1) is 11.0. The standard InChI is InChI=1S/C16H18ClN3O3/c1-10(21)6-8-19-16(23)20-13-5-4-11(17)9-12(13)15(22)14-3-2-7-18-14/h2-5,7,9-10,18,21H,6,8H2,1H3,(H2,19,20,23). The maximum absolute atomic E-state index is 12.5. The lowest BCUT2D eigenvalue weighted by molar-refractivity contribution is 0.103. The van der Waals surface area contributed by atoms with E-state index >= 15 is 0 Å². The van der Waals surface area contributed by atoms with Gasteiger partial charge in [0.1, 0.15) is 0 Å². The molecule has 0 fully saturated rings. The number of aliphatic hydroxyl groups excluding tert-OH is 1. The van der Waals surface area contributed by atoms with Crippen LogP contribution in [0.2, 0.25) is 5.02 Å². The molecule has 2 rings (SSSR count). The molecule has 1 aromatic heterocycles. The first-order valence-corrected chi connectivity index (χ1v) is 7.55. The number of anilines is 1. The fraction of sp³-hybridized carbons (Fsp3) is 0.250. The van der Waals surface area contributed by atoms with Gasteiger partial charge in [0, 0.05) is 23.3 Å². The number of urea groups is 1. The van der Waals surface area contributed by atoms with E-state index in [0.717, 1.165) is 0 Å². The van der Waals surface area contributed by atoms with Crippen LogP contribution < -0.4 is 10.6 Å². The summed E-state index contributed by atoms with van der Waals surface area (Å²) in [6, 6.07) is 7.60. The second-order valence-corrected chi connectivity index (χ2v) is 5.56. The fourth-order valence-electron chi connectivity index (χ4n) is 1.99. The predicted molar refractivity (Wildman–Crippen MR) is 89.0 cm³/mol. The van der Waals surface area contributed by atoms with Gasteiger partial charge in [-0.25, -0.2) is 4.79 Å². The number of aromatic amines is 1. The number of aromatic nitrogens is 1. The number of aliphatic hydroxyl groups is 1. The smallest absolute Gasteiger partial charge is 0.319 e. The van der Waals surface area contributed by atoms with Crippen molar-refractivity contribution in [1.29, 1.82) is 0 Å². The van der Waals surface area contributed by atoms with E-state index in [1.54, 1.807) is 37.4 Å². The number of H-pyrrole nitrogens is 1. The molecule has 0 saturated carbocycles. The van der Waals surface area contributed by atoms with Crippen LogP contribution in [0.4, 0.5) is 10.5 Å². The van der Waals surface area contributed by atoms with Crippen LogP contribution >= 0.6 is 11.6 Å². The van der Waals surface area contributed by atoms with Gasteiger partial charge in [0.15, 0.2) is 0 Å². The Labute approximate surface area is 138 Å². The number of benzene rings is 1. The molecule has 0 spiro atoms. The highest BCUT2D eigenvalue weighted by Crippen LogP contribution is 2.23. The lowest BCUT2D eigenvalue weighted by atomic mass is 10.1. The maximum Gasteiger partial charge on any atom is 0.319 e. The van der Waals surface area contributed by atoms with E-state index in [-0.39, 0.29) is 5.78 Å². The molecule has 1 unspecified atom stereocenters. The van der Waals surface area contributed by atoms with E-state index in [1.807, 2.05) is 0 Å². The van der Waals surface area contributed by atoms with E-state index in [9.17, 15) is 14.7 Å². The molecule has 122 valence electrons. The lowest BCUT2D eigenvalue weighted by Crippen LogP contribution is -2.31. The van der Waals surface area contributed by atoms with Crippen molar-refractivity contribution >= 4 is 29.1 Å². The van der Waals surface area contributed by atoms with E-state index in [1.165, 1.54) is 6.07 Å². The van der Waals surface area contributed by atoms with Gasteiger partial charge in [0.25, 0.3) is 0 Å². The SMILES string of the molecule is CC(O)CCNC(=O)Nc1ccc(Cl)cc1C(=O)c1ccc[nH]1. The second kappa shape index (κ2) is 7.80. The van der Waals surface area contributed by atoms with E-state index in [2.05, 4.69) is 15.6 Å². The number of amides is 2. The summed E-state index contributed by atoms with van der Waals surface area (Å²) in [4.78, 5) is 27.2. The van der Waals surface area contributed by atoms with Crippen LogP contribution in [-0.4, -0.2) is 34.6 Å². The topological polar surface area (TPSA) is 94.2 Å². The van der Waals surface area contributed by atoms with Crippen LogP contribution in [0.15, 0.2) is 36.5 Å². The third kappa shape index (κ3) is 4.84. The van der Waals surface area contributed by atoms with Crippen molar-refractivity contribution in [1.82, 2.24) is 10.3 Å². The van der Waals surface area contributed by atoms with E-state index in [4.69, 9.17) is 11.6 Å². The van der Waals surface area contributed by atoms with Gasteiger partial charge in [-0.2, -0.15) is 0 Å². The minimum Gasteiger partial charge on any atom is -0.393 e. The Kier molecular flexibility index (Phi) is 5.78. The van der Waals surface area contributed by atoms with Crippen LogP contribution in [0, 0.1) is 0 Å². The summed E-state index contributed by atoms with van der Waals surface area (Å²) in [7, 11) is 0. The summed E-state index contributed by atoms with van der Waals surface area (Å²) >= 11 is 5.96. The Bertz CT molecular complexity index is 684. The maximum atomic E-state index is 12.5. The molecular formula is C16H18ClN3O3.